The van der Waals surface area contributed by atoms with Crippen LogP contribution in [0.3, 0.4) is 0 Å². The second-order valence-corrected chi connectivity index (χ2v) is 10.1. The Balaban J connectivity index is 1.24. The molecule has 2 N–H and O–H groups in total. The Morgan fingerprint density at radius 1 is 0.912 bits per heavy atom. The number of sulfonamides is 1. The minimum absolute atomic E-state index is 0.230. The SMILES string of the molecule is Cc1ccc(S(=O)(=O)Nc2ccc(NC3CCN(C(=O)OCc4ccccc4)CC3)cc2)cc1. The lowest BCUT2D eigenvalue weighted by molar-refractivity contribution is 0.0882. The number of rotatable bonds is 7. The van der Waals surface area contributed by atoms with E-state index in [1.54, 1.807) is 41.3 Å². The molecule has 0 spiro atoms. The highest BCUT2D eigenvalue weighted by Crippen LogP contribution is 2.21. The Morgan fingerprint density at radius 3 is 2.18 bits per heavy atom. The van der Waals surface area contributed by atoms with Gasteiger partial charge < -0.3 is 15.0 Å². The predicted octanol–water partition coefficient (Wildman–Crippen LogP) is 5.01. The number of ether oxygens (including phenoxy) is 1. The number of piperidine rings is 1. The fourth-order valence-electron chi connectivity index (χ4n) is 3.82. The van der Waals surface area contributed by atoms with Crippen LogP contribution in [0.15, 0.2) is 83.8 Å². The molecule has 0 radical (unpaired) electrons. The summed E-state index contributed by atoms with van der Waals surface area (Å²) in [5.74, 6) is 0. The molecular weight excluding hydrogens is 450 g/mol. The summed E-state index contributed by atoms with van der Waals surface area (Å²) in [6.07, 6.45) is 1.33. The molecule has 0 saturated carbocycles. The van der Waals surface area contributed by atoms with E-state index in [4.69, 9.17) is 4.74 Å². The minimum Gasteiger partial charge on any atom is -0.445 e. The molecule has 7 nitrogen and oxygen atoms in total. The van der Waals surface area contributed by atoms with Crippen LogP contribution in [0.2, 0.25) is 0 Å². The molecule has 3 aromatic carbocycles. The van der Waals surface area contributed by atoms with Gasteiger partial charge in [-0.3, -0.25) is 4.72 Å². The van der Waals surface area contributed by atoms with Crippen molar-refractivity contribution in [3.63, 3.8) is 0 Å². The minimum atomic E-state index is -3.63. The number of nitrogens with zero attached hydrogens (tertiary/aromatic N) is 1. The first-order valence-corrected chi connectivity index (χ1v) is 12.8. The van der Waals surface area contributed by atoms with E-state index >= 15 is 0 Å². The maximum Gasteiger partial charge on any atom is 0.410 e. The van der Waals surface area contributed by atoms with Gasteiger partial charge in [-0.25, -0.2) is 13.2 Å². The molecule has 1 fully saturated rings. The Bertz CT molecular complexity index is 1190. The fraction of sp³-hybridized carbons (Fsp3) is 0.269. The predicted molar refractivity (Wildman–Crippen MR) is 133 cm³/mol. The van der Waals surface area contributed by atoms with Crippen molar-refractivity contribution in [1.82, 2.24) is 4.90 Å². The zero-order valence-corrected chi connectivity index (χ0v) is 19.9. The van der Waals surface area contributed by atoms with Crippen LogP contribution in [-0.2, 0) is 21.4 Å². The van der Waals surface area contributed by atoms with Gasteiger partial charge in [0.05, 0.1) is 4.90 Å². The lowest BCUT2D eigenvalue weighted by Gasteiger charge is -2.32. The van der Waals surface area contributed by atoms with Gasteiger partial charge in [-0.2, -0.15) is 0 Å². The summed E-state index contributed by atoms with van der Waals surface area (Å²) in [5.41, 5.74) is 3.38. The molecule has 1 amide bonds. The van der Waals surface area contributed by atoms with Crippen molar-refractivity contribution >= 4 is 27.5 Å². The van der Waals surface area contributed by atoms with Gasteiger partial charge in [0.1, 0.15) is 6.61 Å². The maximum absolute atomic E-state index is 12.6. The molecule has 1 heterocycles. The van der Waals surface area contributed by atoms with Crippen LogP contribution in [0.4, 0.5) is 16.2 Å². The number of likely N-dealkylation sites (tertiary alicyclic amines) is 1. The third-order valence-electron chi connectivity index (χ3n) is 5.80. The highest BCUT2D eigenvalue weighted by molar-refractivity contribution is 7.92. The van der Waals surface area contributed by atoms with Crippen LogP contribution in [-0.4, -0.2) is 38.5 Å². The number of aryl methyl sites for hydroxylation is 1. The van der Waals surface area contributed by atoms with E-state index in [-0.39, 0.29) is 23.6 Å². The van der Waals surface area contributed by atoms with E-state index in [1.807, 2.05) is 49.4 Å². The number of benzene rings is 3. The topological polar surface area (TPSA) is 87.7 Å². The molecule has 0 bridgehead atoms. The third kappa shape index (κ3) is 6.29. The zero-order valence-electron chi connectivity index (χ0n) is 19.1. The monoisotopic (exact) mass is 479 g/mol. The Hall–Kier alpha value is -3.52. The lowest BCUT2D eigenvalue weighted by atomic mass is 10.0. The maximum atomic E-state index is 12.6. The van der Waals surface area contributed by atoms with E-state index in [2.05, 4.69) is 10.0 Å². The van der Waals surface area contributed by atoms with Crippen molar-refractivity contribution < 1.29 is 17.9 Å². The van der Waals surface area contributed by atoms with Crippen molar-refractivity contribution in [3.8, 4) is 0 Å². The Kier molecular flexibility index (Phi) is 7.37. The van der Waals surface area contributed by atoms with E-state index in [9.17, 15) is 13.2 Å². The molecule has 0 atom stereocenters. The quantitative estimate of drug-likeness (QED) is 0.497. The molecule has 3 aromatic rings. The number of hydrogen-bond acceptors (Lipinski definition) is 5. The fourth-order valence-corrected chi connectivity index (χ4v) is 4.88. The number of carbonyl (C=O) groups excluding carboxylic acids is 1. The van der Waals surface area contributed by atoms with Crippen molar-refractivity contribution in [2.75, 3.05) is 23.1 Å². The van der Waals surface area contributed by atoms with Gasteiger partial charge in [0.25, 0.3) is 10.0 Å². The van der Waals surface area contributed by atoms with Crippen LogP contribution >= 0.6 is 0 Å². The van der Waals surface area contributed by atoms with Crippen LogP contribution in [0.25, 0.3) is 0 Å². The molecule has 34 heavy (non-hydrogen) atoms. The van der Waals surface area contributed by atoms with Gasteiger partial charge in [0.2, 0.25) is 0 Å². The third-order valence-corrected chi connectivity index (χ3v) is 7.19. The first-order chi connectivity index (χ1) is 16.4. The summed E-state index contributed by atoms with van der Waals surface area (Å²) in [5, 5.41) is 3.47. The second kappa shape index (κ2) is 10.6. The molecule has 178 valence electrons. The van der Waals surface area contributed by atoms with Gasteiger partial charge >= 0.3 is 6.09 Å². The molecule has 4 rings (SSSR count). The van der Waals surface area contributed by atoms with Crippen LogP contribution < -0.4 is 10.0 Å². The largest absolute Gasteiger partial charge is 0.445 e. The number of carbonyl (C=O) groups is 1. The second-order valence-electron chi connectivity index (χ2n) is 8.44. The average Bonchev–Trinajstić information content (AvgIpc) is 2.85. The van der Waals surface area contributed by atoms with Crippen LogP contribution in [0.5, 0.6) is 0 Å². The molecule has 8 heteroatoms. The van der Waals surface area contributed by atoms with E-state index in [0.717, 1.165) is 29.7 Å². The molecule has 1 aliphatic heterocycles. The zero-order chi connectivity index (χ0) is 24.0. The summed E-state index contributed by atoms with van der Waals surface area (Å²) in [7, 11) is -3.63. The van der Waals surface area contributed by atoms with Gasteiger partial charge in [-0.15, -0.1) is 0 Å². The van der Waals surface area contributed by atoms with E-state index < -0.39 is 10.0 Å². The highest BCUT2D eigenvalue weighted by atomic mass is 32.2. The van der Waals surface area contributed by atoms with Crippen molar-refractivity contribution in [1.29, 1.82) is 0 Å². The normalized spacial score (nSPS) is 14.4. The van der Waals surface area contributed by atoms with Gasteiger partial charge in [-0.1, -0.05) is 48.0 Å². The molecule has 0 aromatic heterocycles. The molecule has 1 saturated heterocycles. The summed E-state index contributed by atoms with van der Waals surface area (Å²) in [4.78, 5) is 14.3. The summed E-state index contributed by atoms with van der Waals surface area (Å²) >= 11 is 0. The molecule has 0 aliphatic carbocycles. The summed E-state index contributed by atoms with van der Waals surface area (Å²) in [6, 6.07) is 23.8. The molecular formula is C26H29N3O4S. The lowest BCUT2D eigenvalue weighted by Crippen LogP contribution is -2.42. The van der Waals surface area contributed by atoms with Crippen molar-refractivity contribution in [2.45, 2.75) is 37.3 Å². The number of anilines is 2. The molecule has 0 unspecified atom stereocenters. The molecule has 1 aliphatic rings. The van der Waals surface area contributed by atoms with Crippen molar-refractivity contribution in [3.05, 3.63) is 90.0 Å². The standard InChI is InChI=1S/C26H29N3O4S/c1-20-7-13-25(14-8-20)34(31,32)28-24-11-9-22(10-12-24)27-23-15-17-29(18-16-23)26(30)33-19-21-5-3-2-4-6-21/h2-14,23,27-28H,15-19H2,1H3. The first-order valence-electron chi connectivity index (χ1n) is 11.3. The van der Waals surface area contributed by atoms with Gasteiger partial charge in [0.15, 0.2) is 0 Å². The Labute approximate surface area is 200 Å². The van der Waals surface area contributed by atoms with Crippen molar-refractivity contribution in [2.24, 2.45) is 0 Å². The van der Waals surface area contributed by atoms with Crippen LogP contribution in [0, 0.1) is 6.92 Å². The van der Waals surface area contributed by atoms with Crippen LogP contribution in [0.1, 0.15) is 24.0 Å². The smallest absolute Gasteiger partial charge is 0.410 e. The number of hydrogen-bond donors (Lipinski definition) is 2. The average molecular weight is 480 g/mol. The summed E-state index contributed by atoms with van der Waals surface area (Å²) in [6.45, 7) is 3.44. The van der Waals surface area contributed by atoms with Gasteiger partial charge in [-0.05, 0) is 61.7 Å². The highest BCUT2D eigenvalue weighted by Gasteiger charge is 2.23. The Morgan fingerprint density at radius 2 is 1.53 bits per heavy atom. The van der Waals surface area contributed by atoms with E-state index in [1.165, 1.54) is 0 Å². The van der Waals surface area contributed by atoms with Gasteiger partial charge in [0, 0.05) is 30.5 Å². The number of nitrogens with one attached hydrogen (secondary N) is 2. The number of amides is 1. The first kappa shape index (κ1) is 23.6. The van der Waals surface area contributed by atoms with E-state index in [0.29, 0.717) is 18.8 Å². The summed E-state index contributed by atoms with van der Waals surface area (Å²) < 4.78 is 33.2.